The average Bonchev–Trinajstić information content (AvgIpc) is 3.06. The topological polar surface area (TPSA) is 29.5 Å². The summed E-state index contributed by atoms with van der Waals surface area (Å²) >= 11 is 0. The van der Waals surface area contributed by atoms with Gasteiger partial charge in [-0.3, -0.25) is 9.69 Å². The van der Waals surface area contributed by atoms with Crippen molar-refractivity contribution in [2.75, 3.05) is 12.0 Å². The van der Waals surface area contributed by atoms with Crippen LogP contribution in [0.25, 0.3) is 11.6 Å². The van der Waals surface area contributed by atoms with Crippen LogP contribution in [0.2, 0.25) is 0 Å². The van der Waals surface area contributed by atoms with Gasteiger partial charge >= 0.3 is 0 Å². The van der Waals surface area contributed by atoms with Crippen molar-refractivity contribution in [1.29, 1.82) is 0 Å². The SMILES string of the molecule is COc1ccc(/C=C/C(=O)N2c3ccc(C(c4ccccc4)(c4ccccc4)c4ccccc4)cc3C(C)=CC2(C)C)cc1. The molecule has 0 N–H and O–H groups in total. The second kappa shape index (κ2) is 11.9. The first-order valence-electron chi connectivity index (χ1n) is 15.0. The van der Waals surface area contributed by atoms with E-state index in [0.717, 1.165) is 33.7 Å². The first kappa shape index (κ1) is 28.9. The van der Waals surface area contributed by atoms with Crippen LogP contribution in [0.15, 0.2) is 146 Å². The van der Waals surface area contributed by atoms with Gasteiger partial charge in [0.2, 0.25) is 0 Å². The lowest BCUT2D eigenvalue weighted by Crippen LogP contribution is -2.48. The van der Waals surface area contributed by atoms with E-state index >= 15 is 0 Å². The van der Waals surface area contributed by atoms with Crippen LogP contribution in [0.1, 0.15) is 54.2 Å². The van der Waals surface area contributed by atoms with Gasteiger partial charge in [0.05, 0.1) is 23.8 Å². The van der Waals surface area contributed by atoms with Gasteiger partial charge in [-0.05, 0) is 84.5 Å². The van der Waals surface area contributed by atoms with Crippen molar-refractivity contribution >= 4 is 23.2 Å². The number of fused-ring (bicyclic) bond motifs is 1. The van der Waals surface area contributed by atoms with Gasteiger partial charge in [-0.15, -0.1) is 0 Å². The highest BCUT2D eigenvalue weighted by Crippen LogP contribution is 2.48. The molecule has 5 aromatic carbocycles. The largest absolute Gasteiger partial charge is 0.497 e. The molecule has 0 aliphatic carbocycles. The molecule has 1 aliphatic rings. The molecule has 0 aromatic heterocycles. The van der Waals surface area contributed by atoms with Crippen molar-refractivity contribution in [3.05, 3.63) is 179 Å². The highest BCUT2D eigenvalue weighted by atomic mass is 16.5. The molecule has 1 aliphatic heterocycles. The number of carbonyl (C=O) groups excluding carboxylic acids is 1. The van der Waals surface area contributed by atoms with E-state index < -0.39 is 11.0 Å². The number of amides is 1. The molecule has 44 heavy (non-hydrogen) atoms. The van der Waals surface area contributed by atoms with E-state index in [4.69, 9.17) is 4.74 Å². The Hall–Kier alpha value is -5.15. The number of benzene rings is 5. The molecule has 3 heteroatoms. The second-order valence-corrected chi connectivity index (χ2v) is 11.8. The Morgan fingerprint density at radius 3 is 1.73 bits per heavy atom. The van der Waals surface area contributed by atoms with Gasteiger partial charge in [-0.25, -0.2) is 0 Å². The van der Waals surface area contributed by atoms with Crippen molar-refractivity contribution in [2.45, 2.75) is 31.7 Å². The smallest absolute Gasteiger partial charge is 0.251 e. The highest BCUT2D eigenvalue weighted by molar-refractivity contribution is 6.08. The molecule has 6 rings (SSSR count). The number of hydrogen-bond acceptors (Lipinski definition) is 2. The van der Waals surface area contributed by atoms with Gasteiger partial charge in [0, 0.05) is 11.6 Å². The molecule has 0 radical (unpaired) electrons. The van der Waals surface area contributed by atoms with Crippen LogP contribution in [0.5, 0.6) is 5.75 Å². The Balaban J connectivity index is 1.52. The maximum absolute atomic E-state index is 13.9. The van der Waals surface area contributed by atoms with Crippen molar-refractivity contribution in [3.63, 3.8) is 0 Å². The van der Waals surface area contributed by atoms with Crippen LogP contribution in [0.3, 0.4) is 0 Å². The van der Waals surface area contributed by atoms with E-state index in [1.165, 1.54) is 16.7 Å². The summed E-state index contributed by atoms with van der Waals surface area (Å²) in [6, 6.07) is 46.4. The summed E-state index contributed by atoms with van der Waals surface area (Å²) in [6.45, 7) is 6.33. The molecule has 0 bridgehead atoms. The number of methoxy groups -OCH3 is 1. The van der Waals surface area contributed by atoms with Crippen molar-refractivity contribution in [1.82, 2.24) is 0 Å². The van der Waals surface area contributed by atoms with Crippen LogP contribution in [-0.4, -0.2) is 18.6 Å². The molecular formula is C41H37NO2. The summed E-state index contributed by atoms with van der Waals surface area (Å²) in [7, 11) is 1.65. The Morgan fingerprint density at radius 2 is 1.23 bits per heavy atom. The summed E-state index contributed by atoms with van der Waals surface area (Å²) in [4.78, 5) is 15.8. The monoisotopic (exact) mass is 575 g/mol. The number of allylic oxidation sites excluding steroid dienone is 1. The summed E-state index contributed by atoms with van der Waals surface area (Å²) in [5.74, 6) is 0.720. The normalized spacial score (nSPS) is 14.2. The quantitative estimate of drug-likeness (QED) is 0.143. The van der Waals surface area contributed by atoms with Crippen LogP contribution < -0.4 is 9.64 Å². The van der Waals surface area contributed by atoms with Gasteiger partial charge in [0.25, 0.3) is 5.91 Å². The number of nitrogens with zero attached hydrogens (tertiary/aromatic N) is 1. The molecule has 0 saturated heterocycles. The zero-order valence-corrected chi connectivity index (χ0v) is 25.7. The fourth-order valence-corrected chi connectivity index (χ4v) is 6.69. The molecule has 0 saturated carbocycles. The Bertz CT molecular complexity index is 1720. The first-order valence-corrected chi connectivity index (χ1v) is 15.0. The van der Waals surface area contributed by atoms with Gasteiger partial charge in [-0.1, -0.05) is 115 Å². The summed E-state index contributed by atoms with van der Waals surface area (Å²) < 4.78 is 5.28. The van der Waals surface area contributed by atoms with Crippen LogP contribution in [0, 0.1) is 0 Å². The predicted molar refractivity (Wildman–Crippen MR) is 182 cm³/mol. The molecule has 0 atom stereocenters. The van der Waals surface area contributed by atoms with Crippen LogP contribution in [-0.2, 0) is 10.2 Å². The van der Waals surface area contributed by atoms with E-state index in [2.05, 4.69) is 136 Å². The summed E-state index contributed by atoms with van der Waals surface area (Å²) in [6.07, 6.45) is 5.73. The third kappa shape index (κ3) is 5.16. The number of rotatable bonds is 7. The highest BCUT2D eigenvalue weighted by Gasteiger charge is 2.40. The predicted octanol–water partition coefficient (Wildman–Crippen LogP) is 9.32. The van der Waals surface area contributed by atoms with Gasteiger partial charge in [0.1, 0.15) is 5.75 Å². The maximum atomic E-state index is 13.9. The lowest BCUT2D eigenvalue weighted by atomic mass is 9.64. The molecular weight excluding hydrogens is 538 g/mol. The molecule has 0 fully saturated rings. The Labute approximate surface area is 260 Å². The van der Waals surface area contributed by atoms with Crippen LogP contribution in [0.4, 0.5) is 5.69 Å². The lowest BCUT2D eigenvalue weighted by Gasteiger charge is -2.42. The number of anilines is 1. The van der Waals surface area contributed by atoms with E-state index in [1.54, 1.807) is 13.2 Å². The first-order chi connectivity index (χ1) is 21.3. The number of hydrogen-bond donors (Lipinski definition) is 0. The summed E-state index contributed by atoms with van der Waals surface area (Å²) in [5, 5.41) is 0. The Morgan fingerprint density at radius 1 is 0.705 bits per heavy atom. The maximum Gasteiger partial charge on any atom is 0.251 e. The molecule has 0 unspecified atom stereocenters. The molecule has 218 valence electrons. The molecule has 1 heterocycles. The zero-order chi connectivity index (χ0) is 30.7. The minimum Gasteiger partial charge on any atom is -0.497 e. The summed E-state index contributed by atoms with van der Waals surface area (Å²) in [5.41, 5.74) is 7.69. The van der Waals surface area contributed by atoms with Gasteiger partial charge in [-0.2, -0.15) is 0 Å². The fraction of sp³-hybridized carbons (Fsp3) is 0.146. The molecule has 5 aromatic rings. The van der Waals surface area contributed by atoms with Crippen molar-refractivity contribution in [2.24, 2.45) is 0 Å². The average molecular weight is 576 g/mol. The van der Waals surface area contributed by atoms with E-state index in [9.17, 15) is 4.79 Å². The van der Waals surface area contributed by atoms with Gasteiger partial charge < -0.3 is 4.74 Å². The minimum atomic E-state index is -0.560. The van der Waals surface area contributed by atoms with Crippen LogP contribution >= 0.6 is 0 Å². The minimum absolute atomic E-state index is 0.0657. The third-order valence-corrected chi connectivity index (χ3v) is 8.62. The van der Waals surface area contributed by atoms with E-state index in [-0.39, 0.29) is 5.91 Å². The third-order valence-electron chi connectivity index (χ3n) is 8.62. The van der Waals surface area contributed by atoms with Crippen molar-refractivity contribution in [3.8, 4) is 5.75 Å². The van der Waals surface area contributed by atoms with E-state index in [1.807, 2.05) is 35.2 Å². The molecule has 0 spiro atoms. The standard InChI is InChI=1S/C41H37NO2/c1-30-29-40(2,3)42(39(43)27-22-31-20-24-36(44-4)25-21-31)38-26-23-35(28-37(30)38)41(32-14-8-5-9-15-32,33-16-10-6-11-17-33)34-18-12-7-13-19-34/h5-29H,1-4H3/b27-22+. The fourth-order valence-electron chi connectivity index (χ4n) is 6.69. The zero-order valence-electron chi connectivity index (χ0n) is 25.7. The Kier molecular flexibility index (Phi) is 7.80. The van der Waals surface area contributed by atoms with Crippen molar-refractivity contribution < 1.29 is 9.53 Å². The second-order valence-electron chi connectivity index (χ2n) is 11.8. The number of carbonyl (C=O) groups is 1. The van der Waals surface area contributed by atoms with E-state index in [0.29, 0.717) is 0 Å². The molecule has 3 nitrogen and oxygen atoms in total. The lowest BCUT2D eigenvalue weighted by molar-refractivity contribution is -0.114. The molecule has 1 amide bonds. The number of ether oxygens (including phenoxy) is 1. The van der Waals surface area contributed by atoms with Gasteiger partial charge in [0.15, 0.2) is 0 Å².